The second kappa shape index (κ2) is 3.45. The summed E-state index contributed by atoms with van der Waals surface area (Å²) >= 11 is 0. The third-order valence-electron chi connectivity index (χ3n) is 1.65. The molecule has 78 valence electrons. The van der Waals surface area contributed by atoms with Crippen LogP contribution in [0.5, 0.6) is 0 Å². The van der Waals surface area contributed by atoms with Gasteiger partial charge in [-0.3, -0.25) is 4.79 Å². The largest absolute Gasteiger partial charge is 0.389 e. The number of nitrogens with two attached hydrogens (primary N) is 1. The Kier molecular flexibility index (Phi) is 2.66. The molecule has 1 heterocycles. The first-order valence-electron chi connectivity index (χ1n) is 4.08. The van der Waals surface area contributed by atoms with Crippen LogP contribution in [0.15, 0.2) is 22.1 Å². The van der Waals surface area contributed by atoms with Crippen LogP contribution in [-0.2, 0) is 14.6 Å². The van der Waals surface area contributed by atoms with Gasteiger partial charge in [0.05, 0.1) is 5.57 Å². The Morgan fingerprint density at radius 2 is 2.07 bits per heavy atom. The quantitative estimate of drug-likeness (QED) is 0.658. The molecule has 0 spiro atoms. The minimum atomic E-state index is -3.54. The Labute approximate surface area is 82.6 Å². The first-order valence-corrected chi connectivity index (χ1v) is 5.63. The second-order valence-corrected chi connectivity index (χ2v) is 5.06. The summed E-state index contributed by atoms with van der Waals surface area (Å²) in [7, 11) is -3.54. The molecular formula is C8H12N2O3S. The van der Waals surface area contributed by atoms with E-state index in [9.17, 15) is 13.2 Å². The highest BCUT2D eigenvalue weighted by molar-refractivity contribution is 7.98. The summed E-state index contributed by atoms with van der Waals surface area (Å²) in [5.74, 6) is -0.463. The van der Waals surface area contributed by atoms with E-state index < -0.39 is 15.7 Å². The van der Waals surface area contributed by atoms with Crippen molar-refractivity contribution < 1.29 is 13.2 Å². The molecule has 1 aliphatic rings. The maximum absolute atomic E-state index is 11.4. The minimum Gasteiger partial charge on any atom is -0.389 e. The molecule has 3 N–H and O–H groups in total. The summed E-state index contributed by atoms with van der Waals surface area (Å²) in [6.45, 7) is 3.56. The average molecular weight is 216 g/mol. The Morgan fingerprint density at radius 3 is 2.43 bits per heavy atom. The van der Waals surface area contributed by atoms with E-state index in [1.807, 2.05) is 0 Å². The fourth-order valence-corrected chi connectivity index (χ4v) is 1.92. The standard InChI is InChI=1S/C8H12N2O3S/c1-5(2)10-8(11)6-3-4-14(12,13)7(6)9/h3-5H,9H2,1-2H3,(H,10,11). The van der Waals surface area contributed by atoms with E-state index in [1.54, 1.807) is 13.8 Å². The molecule has 1 amide bonds. The van der Waals surface area contributed by atoms with Crippen molar-refractivity contribution >= 4 is 15.7 Å². The fourth-order valence-electron chi connectivity index (χ4n) is 0.994. The number of sulfone groups is 1. The van der Waals surface area contributed by atoms with Crippen molar-refractivity contribution in [3.05, 3.63) is 22.1 Å². The van der Waals surface area contributed by atoms with Crippen LogP contribution in [0.4, 0.5) is 0 Å². The average Bonchev–Trinajstić information content (AvgIpc) is 2.26. The van der Waals surface area contributed by atoms with Crippen LogP contribution in [0.25, 0.3) is 0 Å². The molecule has 0 aromatic heterocycles. The molecular weight excluding hydrogens is 204 g/mol. The lowest BCUT2D eigenvalue weighted by Crippen LogP contribution is -2.32. The summed E-state index contributed by atoms with van der Waals surface area (Å²) in [5.41, 5.74) is 5.31. The van der Waals surface area contributed by atoms with Gasteiger partial charge in [0.1, 0.15) is 5.03 Å². The number of nitrogens with one attached hydrogen (secondary N) is 1. The molecule has 5 nitrogen and oxygen atoms in total. The first kappa shape index (κ1) is 10.8. The van der Waals surface area contributed by atoms with Crippen molar-refractivity contribution in [2.75, 3.05) is 0 Å². The Morgan fingerprint density at radius 1 is 1.50 bits per heavy atom. The molecule has 0 saturated heterocycles. The zero-order valence-corrected chi connectivity index (χ0v) is 8.76. The van der Waals surface area contributed by atoms with E-state index in [2.05, 4.69) is 5.32 Å². The van der Waals surface area contributed by atoms with Crippen LogP contribution >= 0.6 is 0 Å². The third-order valence-corrected chi connectivity index (χ3v) is 2.98. The van der Waals surface area contributed by atoms with E-state index in [4.69, 9.17) is 5.73 Å². The predicted octanol–water partition coefficient (Wildman–Crippen LogP) is -0.377. The van der Waals surface area contributed by atoms with Gasteiger partial charge in [-0.2, -0.15) is 0 Å². The zero-order valence-electron chi connectivity index (χ0n) is 7.94. The van der Waals surface area contributed by atoms with E-state index in [0.29, 0.717) is 0 Å². The smallest absolute Gasteiger partial charge is 0.254 e. The van der Waals surface area contributed by atoms with Gasteiger partial charge in [-0.15, -0.1) is 0 Å². The van der Waals surface area contributed by atoms with E-state index in [-0.39, 0.29) is 16.6 Å². The van der Waals surface area contributed by atoms with Crippen molar-refractivity contribution in [2.45, 2.75) is 19.9 Å². The number of rotatable bonds is 2. The molecule has 0 bridgehead atoms. The highest BCUT2D eigenvalue weighted by Gasteiger charge is 2.25. The summed E-state index contributed by atoms with van der Waals surface area (Å²) < 4.78 is 22.2. The number of carbonyl (C=O) groups is 1. The molecule has 0 radical (unpaired) electrons. The molecule has 0 fully saturated rings. The molecule has 0 aromatic rings. The zero-order chi connectivity index (χ0) is 10.9. The van der Waals surface area contributed by atoms with Crippen molar-refractivity contribution in [3.63, 3.8) is 0 Å². The van der Waals surface area contributed by atoms with Crippen LogP contribution in [0, 0.1) is 0 Å². The van der Waals surface area contributed by atoms with Crippen molar-refractivity contribution in [2.24, 2.45) is 5.73 Å². The van der Waals surface area contributed by atoms with Crippen LogP contribution < -0.4 is 11.1 Å². The first-order chi connectivity index (χ1) is 6.34. The molecule has 0 atom stereocenters. The van der Waals surface area contributed by atoms with E-state index in [0.717, 1.165) is 5.41 Å². The fraction of sp³-hybridized carbons (Fsp3) is 0.375. The lowest BCUT2D eigenvalue weighted by atomic mass is 10.2. The second-order valence-electron chi connectivity index (χ2n) is 3.25. The van der Waals surface area contributed by atoms with Crippen molar-refractivity contribution in [1.82, 2.24) is 5.32 Å². The maximum Gasteiger partial charge on any atom is 0.254 e. The monoisotopic (exact) mass is 216 g/mol. The number of hydrogen-bond donors (Lipinski definition) is 2. The van der Waals surface area contributed by atoms with Gasteiger partial charge in [0.2, 0.25) is 9.84 Å². The molecule has 1 rings (SSSR count). The van der Waals surface area contributed by atoms with Crippen LogP contribution in [0.2, 0.25) is 0 Å². The minimum absolute atomic E-state index is 0.0127. The Hall–Kier alpha value is -1.30. The van der Waals surface area contributed by atoms with Gasteiger partial charge in [-0.05, 0) is 19.9 Å². The summed E-state index contributed by atoms with van der Waals surface area (Å²) in [6.07, 6.45) is 1.21. The van der Waals surface area contributed by atoms with E-state index >= 15 is 0 Å². The van der Waals surface area contributed by atoms with Gasteiger partial charge in [0.15, 0.2) is 0 Å². The molecule has 0 aromatic carbocycles. The number of hydrogen-bond acceptors (Lipinski definition) is 4. The van der Waals surface area contributed by atoms with Gasteiger partial charge in [-0.25, -0.2) is 8.42 Å². The normalized spacial score (nSPS) is 19.1. The summed E-state index contributed by atoms with van der Waals surface area (Å²) in [4.78, 5) is 11.4. The Balaban J connectivity index is 2.97. The molecule has 0 unspecified atom stereocenters. The highest BCUT2D eigenvalue weighted by atomic mass is 32.2. The van der Waals surface area contributed by atoms with Gasteiger partial charge in [-0.1, -0.05) is 0 Å². The molecule has 1 aliphatic heterocycles. The van der Waals surface area contributed by atoms with Gasteiger partial charge < -0.3 is 11.1 Å². The lowest BCUT2D eigenvalue weighted by Gasteiger charge is -2.07. The van der Waals surface area contributed by atoms with Crippen LogP contribution in [-0.4, -0.2) is 20.4 Å². The van der Waals surface area contributed by atoms with Crippen molar-refractivity contribution in [3.8, 4) is 0 Å². The maximum atomic E-state index is 11.4. The molecule has 0 saturated carbocycles. The number of amides is 1. The predicted molar refractivity (Wildman–Crippen MR) is 52.6 cm³/mol. The van der Waals surface area contributed by atoms with Crippen LogP contribution in [0.3, 0.4) is 0 Å². The highest BCUT2D eigenvalue weighted by Crippen LogP contribution is 2.18. The van der Waals surface area contributed by atoms with Gasteiger partial charge >= 0.3 is 0 Å². The van der Waals surface area contributed by atoms with Crippen molar-refractivity contribution in [1.29, 1.82) is 0 Å². The molecule has 14 heavy (non-hydrogen) atoms. The Bertz CT molecular complexity index is 418. The lowest BCUT2D eigenvalue weighted by molar-refractivity contribution is -0.117. The van der Waals surface area contributed by atoms with Gasteiger partial charge in [0.25, 0.3) is 5.91 Å². The SMILES string of the molecule is CC(C)NC(=O)C1=C(N)S(=O)(=O)C=C1. The molecule has 0 aliphatic carbocycles. The molecule has 6 heteroatoms. The summed E-state index contributed by atoms with van der Waals surface area (Å²) in [6, 6.07) is -0.0560. The van der Waals surface area contributed by atoms with Gasteiger partial charge in [0, 0.05) is 11.4 Å². The number of carbonyl (C=O) groups excluding carboxylic acids is 1. The van der Waals surface area contributed by atoms with Crippen LogP contribution in [0.1, 0.15) is 13.8 Å². The topological polar surface area (TPSA) is 89.3 Å². The van der Waals surface area contributed by atoms with E-state index in [1.165, 1.54) is 6.08 Å². The third kappa shape index (κ3) is 1.95. The summed E-state index contributed by atoms with van der Waals surface area (Å²) in [5, 5.41) is 3.11.